The molecule has 2 aliphatic rings. The summed E-state index contributed by atoms with van der Waals surface area (Å²) in [5.74, 6) is 0.884. The van der Waals surface area contributed by atoms with Crippen molar-refractivity contribution in [1.29, 1.82) is 0 Å². The molecule has 2 aromatic rings. The minimum atomic E-state index is -0.273. The van der Waals surface area contributed by atoms with Gasteiger partial charge in [0.15, 0.2) is 0 Å². The molecule has 0 spiro atoms. The molecule has 30 heavy (non-hydrogen) atoms. The van der Waals surface area contributed by atoms with Gasteiger partial charge in [0.2, 0.25) is 5.91 Å². The van der Waals surface area contributed by atoms with Crippen LogP contribution < -0.4 is 19.7 Å². The van der Waals surface area contributed by atoms with Crippen LogP contribution in [0.25, 0.3) is 0 Å². The van der Waals surface area contributed by atoms with E-state index in [2.05, 4.69) is 5.32 Å². The van der Waals surface area contributed by atoms with Crippen LogP contribution in [-0.4, -0.2) is 44.8 Å². The van der Waals surface area contributed by atoms with Gasteiger partial charge in [-0.25, -0.2) is 0 Å². The first-order valence-electron chi connectivity index (χ1n) is 10.3. The van der Waals surface area contributed by atoms with Gasteiger partial charge in [0.25, 0.3) is 5.91 Å². The molecule has 2 heterocycles. The Morgan fingerprint density at radius 1 is 1.20 bits per heavy atom. The quantitative estimate of drug-likeness (QED) is 0.754. The number of rotatable bonds is 7. The van der Waals surface area contributed by atoms with E-state index in [0.717, 1.165) is 31.6 Å². The van der Waals surface area contributed by atoms with Gasteiger partial charge in [-0.3, -0.25) is 9.59 Å². The van der Waals surface area contributed by atoms with Crippen molar-refractivity contribution in [2.75, 3.05) is 37.1 Å². The molecular formula is C23H26N2O5. The van der Waals surface area contributed by atoms with Crippen LogP contribution in [0.2, 0.25) is 0 Å². The Morgan fingerprint density at radius 3 is 2.80 bits per heavy atom. The number of anilines is 2. The predicted octanol–water partition coefficient (Wildman–Crippen LogP) is 3.63. The normalized spacial score (nSPS) is 18.5. The Labute approximate surface area is 175 Å². The first-order valence-corrected chi connectivity index (χ1v) is 10.3. The highest BCUT2D eigenvalue weighted by molar-refractivity contribution is 6.06. The molecule has 1 unspecified atom stereocenters. The van der Waals surface area contributed by atoms with Crippen LogP contribution in [0, 0.1) is 0 Å². The fraction of sp³-hybridized carbons (Fsp3) is 0.391. The number of hydrogen-bond donors (Lipinski definition) is 1. The summed E-state index contributed by atoms with van der Waals surface area (Å²) in [4.78, 5) is 26.7. The van der Waals surface area contributed by atoms with Crippen molar-refractivity contribution in [2.45, 2.75) is 31.8 Å². The molecule has 0 saturated carbocycles. The molecule has 0 aliphatic carbocycles. The fourth-order valence-electron chi connectivity index (χ4n) is 3.82. The van der Waals surface area contributed by atoms with Gasteiger partial charge in [0, 0.05) is 31.3 Å². The smallest absolute Gasteiger partial charge is 0.259 e. The summed E-state index contributed by atoms with van der Waals surface area (Å²) in [7, 11) is 1.55. The van der Waals surface area contributed by atoms with E-state index in [0.29, 0.717) is 42.3 Å². The van der Waals surface area contributed by atoms with Crippen LogP contribution in [-0.2, 0) is 9.53 Å². The van der Waals surface area contributed by atoms with Gasteiger partial charge in [-0.15, -0.1) is 0 Å². The van der Waals surface area contributed by atoms with E-state index >= 15 is 0 Å². The lowest BCUT2D eigenvalue weighted by molar-refractivity contribution is -0.117. The zero-order valence-electron chi connectivity index (χ0n) is 17.1. The number of para-hydroxylation sites is 1. The van der Waals surface area contributed by atoms with Crippen molar-refractivity contribution in [1.82, 2.24) is 0 Å². The van der Waals surface area contributed by atoms with Crippen molar-refractivity contribution in [3.05, 3.63) is 48.0 Å². The van der Waals surface area contributed by atoms with Crippen molar-refractivity contribution in [2.24, 2.45) is 0 Å². The first kappa shape index (κ1) is 20.2. The first-order chi connectivity index (χ1) is 14.7. The second-order valence-electron chi connectivity index (χ2n) is 7.43. The predicted molar refractivity (Wildman–Crippen MR) is 113 cm³/mol. The number of benzene rings is 2. The monoisotopic (exact) mass is 410 g/mol. The van der Waals surface area contributed by atoms with Crippen LogP contribution in [0.15, 0.2) is 42.5 Å². The molecule has 158 valence electrons. The van der Waals surface area contributed by atoms with Crippen LogP contribution in [0.4, 0.5) is 11.4 Å². The van der Waals surface area contributed by atoms with Gasteiger partial charge < -0.3 is 24.4 Å². The van der Waals surface area contributed by atoms with Crippen LogP contribution in [0.1, 0.15) is 36.0 Å². The number of ether oxygens (including phenoxy) is 3. The van der Waals surface area contributed by atoms with E-state index in [4.69, 9.17) is 14.2 Å². The van der Waals surface area contributed by atoms with Gasteiger partial charge in [-0.05, 0) is 43.5 Å². The van der Waals surface area contributed by atoms with E-state index < -0.39 is 0 Å². The molecule has 2 amide bonds. The van der Waals surface area contributed by atoms with Crippen LogP contribution >= 0.6 is 0 Å². The molecule has 2 fully saturated rings. The summed E-state index contributed by atoms with van der Waals surface area (Å²) in [6.45, 7) is 1.87. The molecule has 0 aromatic heterocycles. The zero-order valence-corrected chi connectivity index (χ0v) is 17.1. The SMILES string of the molecule is COc1cc(NC(=O)c2ccccc2OCC2CCCO2)ccc1N1CCCC1=O. The highest BCUT2D eigenvalue weighted by Crippen LogP contribution is 2.34. The number of hydrogen-bond acceptors (Lipinski definition) is 5. The largest absolute Gasteiger partial charge is 0.494 e. The van der Waals surface area contributed by atoms with Crippen molar-refractivity contribution in [3.8, 4) is 11.5 Å². The number of amides is 2. The third-order valence-electron chi connectivity index (χ3n) is 5.38. The Kier molecular flexibility index (Phi) is 6.18. The number of carbonyl (C=O) groups is 2. The Balaban J connectivity index is 1.48. The van der Waals surface area contributed by atoms with Gasteiger partial charge in [-0.2, -0.15) is 0 Å². The maximum absolute atomic E-state index is 12.9. The summed E-state index contributed by atoms with van der Waals surface area (Å²) < 4.78 is 16.9. The van der Waals surface area contributed by atoms with Crippen LogP contribution in [0.5, 0.6) is 11.5 Å². The number of nitrogens with zero attached hydrogens (tertiary/aromatic N) is 1. The minimum Gasteiger partial charge on any atom is -0.494 e. The molecular weight excluding hydrogens is 384 g/mol. The molecule has 7 heteroatoms. The zero-order chi connectivity index (χ0) is 20.9. The van der Waals surface area contributed by atoms with E-state index in [1.165, 1.54) is 0 Å². The molecule has 4 rings (SSSR count). The van der Waals surface area contributed by atoms with E-state index in [1.54, 1.807) is 48.4 Å². The number of nitrogens with one attached hydrogen (secondary N) is 1. The third kappa shape index (κ3) is 4.41. The molecule has 1 atom stereocenters. The third-order valence-corrected chi connectivity index (χ3v) is 5.38. The lowest BCUT2D eigenvalue weighted by Gasteiger charge is -2.20. The lowest BCUT2D eigenvalue weighted by Crippen LogP contribution is -2.24. The van der Waals surface area contributed by atoms with Crippen molar-refractivity contribution >= 4 is 23.2 Å². The lowest BCUT2D eigenvalue weighted by atomic mass is 10.1. The second kappa shape index (κ2) is 9.17. The average Bonchev–Trinajstić information content (AvgIpc) is 3.44. The Morgan fingerprint density at radius 2 is 2.07 bits per heavy atom. The van der Waals surface area contributed by atoms with Gasteiger partial charge in [-0.1, -0.05) is 12.1 Å². The van der Waals surface area contributed by atoms with Gasteiger partial charge in [0.1, 0.15) is 18.1 Å². The Bertz CT molecular complexity index is 924. The summed E-state index contributed by atoms with van der Waals surface area (Å²) >= 11 is 0. The molecule has 2 aromatic carbocycles. The van der Waals surface area contributed by atoms with E-state index in [9.17, 15) is 9.59 Å². The summed E-state index contributed by atoms with van der Waals surface area (Å²) in [6, 6.07) is 12.5. The molecule has 2 aliphatic heterocycles. The number of carbonyl (C=O) groups excluding carboxylic acids is 2. The molecule has 2 saturated heterocycles. The topological polar surface area (TPSA) is 77.1 Å². The summed E-state index contributed by atoms with van der Waals surface area (Å²) in [6.07, 6.45) is 3.47. The van der Waals surface area contributed by atoms with Crippen LogP contribution in [0.3, 0.4) is 0 Å². The maximum Gasteiger partial charge on any atom is 0.259 e. The van der Waals surface area contributed by atoms with Gasteiger partial charge in [0.05, 0.1) is 24.5 Å². The van der Waals surface area contributed by atoms with Crippen molar-refractivity contribution < 1.29 is 23.8 Å². The minimum absolute atomic E-state index is 0.0752. The summed E-state index contributed by atoms with van der Waals surface area (Å²) in [5, 5.41) is 2.90. The Hall–Kier alpha value is -3.06. The number of methoxy groups -OCH3 is 1. The fourth-order valence-corrected chi connectivity index (χ4v) is 3.82. The van der Waals surface area contributed by atoms with Crippen molar-refractivity contribution in [3.63, 3.8) is 0 Å². The maximum atomic E-state index is 12.9. The molecule has 0 radical (unpaired) electrons. The van der Waals surface area contributed by atoms with Gasteiger partial charge >= 0.3 is 0 Å². The second-order valence-corrected chi connectivity index (χ2v) is 7.43. The van der Waals surface area contributed by atoms with E-state index in [-0.39, 0.29) is 17.9 Å². The molecule has 1 N–H and O–H groups in total. The molecule has 7 nitrogen and oxygen atoms in total. The van der Waals surface area contributed by atoms with E-state index in [1.807, 2.05) is 6.07 Å². The highest BCUT2D eigenvalue weighted by Gasteiger charge is 2.25. The summed E-state index contributed by atoms with van der Waals surface area (Å²) in [5.41, 5.74) is 1.76. The standard InChI is InChI=1S/C23H26N2O5/c1-28-21-14-16(10-11-19(21)25-12-4-9-22(25)26)24-23(27)18-7-2-3-8-20(18)30-15-17-6-5-13-29-17/h2-3,7-8,10-11,14,17H,4-6,9,12-13,15H2,1H3,(H,24,27). The highest BCUT2D eigenvalue weighted by atomic mass is 16.5. The average molecular weight is 410 g/mol. The molecule has 0 bridgehead atoms.